The van der Waals surface area contributed by atoms with Crippen molar-refractivity contribution in [1.82, 2.24) is 19.7 Å². The van der Waals surface area contributed by atoms with Crippen molar-refractivity contribution >= 4 is 38.1 Å². The molecule has 0 spiro atoms. The van der Waals surface area contributed by atoms with Crippen molar-refractivity contribution < 1.29 is 13.5 Å². The molecule has 174 valence electrons. The van der Waals surface area contributed by atoms with E-state index in [0.717, 1.165) is 33.0 Å². The maximum Gasteiger partial charge on any atom is 0.240 e. The normalized spacial score (nSPS) is 17.9. The highest BCUT2D eigenvalue weighted by Gasteiger charge is 2.33. The number of nitrogens with zero attached hydrogens (tertiary/aromatic N) is 3. The molecular formula is C23H22N6O3S2. The molecule has 9 nitrogen and oxygen atoms in total. The summed E-state index contributed by atoms with van der Waals surface area (Å²) >= 11 is 1.50. The van der Waals surface area contributed by atoms with Crippen molar-refractivity contribution in [1.29, 1.82) is 5.26 Å². The van der Waals surface area contributed by atoms with Gasteiger partial charge in [-0.25, -0.2) is 23.1 Å². The summed E-state index contributed by atoms with van der Waals surface area (Å²) in [6.07, 6.45) is 5.36. The maximum atomic E-state index is 12.7. The van der Waals surface area contributed by atoms with E-state index >= 15 is 0 Å². The van der Waals surface area contributed by atoms with Crippen LogP contribution < -0.4 is 10.0 Å². The Morgan fingerprint density at radius 3 is 2.91 bits per heavy atom. The van der Waals surface area contributed by atoms with Gasteiger partial charge in [0.2, 0.25) is 10.0 Å². The average Bonchev–Trinajstić information content (AvgIpc) is 3.47. The van der Waals surface area contributed by atoms with Crippen molar-refractivity contribution in [2.24, 2.45) is 0 Å². The van der Waals surface area contributed by atoms with E-state index in [2.05, 4.69) is 25.0 Å². The zero-order valence-electron chi connectivity index (χ0n) is 18.0. The Kier molecular flexibility index (Phi) is 6.05. The minimum absolute atomic E-state index is 0.0452. The van der Waals surface area contributed by atoms with Gasteiger partial charge in [0.05, 0.1) is 33.5 Å². The lowest BCUT2D eigenvalue weighted by molar-refractivity contribution is 0.298. The van der Waals surface area contributed by atoms with Gasteiger partial charge < -0.3 is 15.4 Å². The van der Waals surface area contributed by atoms with Crippen LogP contribution in [0.2, 0.25) is 0 Å². The van der Waals surface area contributed by atoms with E-state index in [4.69, 9.17) is 5.26 Å². The van der Waals surface area contributed by atoms with Gasteiger partial charge in [0, 0.05) is 48.3 Å². The van der Waals surface area contributed by atoms with E-state index in [0.29, 0.717) is 24.8 Å². The number of sulfonamides is 1. The van der Waals surface area contributed by atoms with Gasteiger partial charge in [-0.05, 0) is 37.1 Å². The largest absolute Gasteiger partial charge is 0.396 e. The number of rotatable bonds is 8. The van der Waals surface area contributed by atoms with Gasteiger partial charge in [-0.3, -0.25) is 0 Å². The summed E-state index contributed by atoms with van der Waals surface area (Å²) in [6, 6.07) is 9.81. The Morgan fingerprint density at radius 1 is 1.26 bits per heavy atom. The standard InChI is InChI=1S/C23H22N6O3S2/c24-11-14-2-1-3-18(8-14)34(31,32)29-17-9-16(10-17)27-21-19-4-6-25-22(19)26-12-20(21)23-28-15(5-7-30)13-33-23/h1-4,6,8,12-13,16-17,29-30H,5,7,9-10H2,(H2,25,26,27). The van der Waals surface area contributed by atoms with Gasteiger partial charge in [0.15, 0.2) is 0 Å². The van der Waals surface area contributed by atoms with Crippen LogP contribution in [-0.2, 0) is 16.4 Å². The fraction of sp³-hybridized carbons (Fsp3) is 0.261. The zero-order chi connectivity index (χ0) is 23.7. The van der Waals surface area contributed by atoms with E-state index in [1.807, 2.05) is 23.7 Å². The van der Waals surface area contributed by atoms with Crippen LogP contribution in [0.15, 0.2) is 53.0 Å². The molecule has 1 saturated carbocycles. The predicted octanol–water partition coefficient (Wildman–Crippen LogP) is 3.01. The number of hydrogen-bond donors (Lipinski definition) is 4. The first kappa shape index (κ1) is 22.5. The molecule has 1 aliphatic carbocycles. The lowest BCUT2D eigenvalue weighted by Gasteiger charge is -2.37. The molecule has 3 aromatic heterocycles. The number of anilines is 1. The number of aliphatic hydroxyl groups is 1. The molecule has 0 saturated heterocycles. The molecular weight excluding hydrogens is 472 g/mol. The summed E-state index contributed by atoms with van der Waals surface area (Å²) in [6.45, 7) is 0.0452. The van der Waals surface area contributed by atoms with Crippen LogP contribution >= 0.6 is 11.3 Å². The molecule has 1 aromatic carbocycles. The first-order valence-electron chi connectivity index (χ1n) is 10.8. The topological polar surface area (TPSA) is 144 Å². The molecule has 0 unspecified atom stereocenters. The van der Waals surface area contributed by atoms with Gasteiger partial charge >= 0.3 is 0 Å². The summed E-state index contributed by atoms with van der Waals surface area (Å²) in [4.78, 5) is 12.4. The summed E-state index contributed by atoms with van der Waals surface area (Å²) in [5.74, 6) is 0. The summed E-state index contributed by atoms with van der Waals surface area (Å²) < 4.78 is 28.2. The number of aliphatic hydroxyl groups excluding tert-OH is 1. The highest BCUT2D eigenvalue weighted by atomic mass is 32.2. The minimum atomic E-state index is -3.70. The average molecular weight is 495 g/mol. The number of benzene rings is 1. The van der Waals surface area contributed by atoms with E-state index < -0.39 is 10.0 Å². The van der Waals surface area contributed by atoms with Gasteiger partial charge in [0.1, 0.15) is 10.7 Å². The van der Waals surface area contributed by atoms with Crippen molar-refractivity contribution in [2.75, 3.05) is 11.9 Å². The predicted molar refractivity (Wildman–Crippen MR) is 130 cm³/mol. The number of pyridine rings is 1. The summed E-state index contributed by atoms with van der Waals surface area (Å²) in [5.41, 5.74) is 3.68. The number of H-pyrrole nitrogens is 1. The van der Waals surface area contributed by atoms with E-state index in [1.165, 1.54) is 23.5 Å². The quantitative estimate of drug-likeness (QED) is 0.295. The molecule has 11 heteroatoms. The number of nitriles is 1. The second-order valence-electron chi connectivity index (χ2n) is 8.17. The SMILES string of the molecule is N#Cc1cccc(S(=O)(=O)NC2CC(Nc3c(-c4nc(CCO)cs4)cnc4[nH]ccc34)C2)c1. The number of hydrogen-bond acceptors (Lipinski definition) is 8. The number of aromatic amines is 1. The second-order valence-corrected chi connectivity index (χ2v) is 10.7. The van der Waals surface area contributed by atoms with Crippen molar-refractivity contribution in [3.63, 3.8) is 0 Å². The first-order chi connectivity index (χ1) is 16.5. The second kappa shape index (κ2) is 9.15. The molecule has 0 amide bonds. The first-order valence-corrected chi connectivity index (χ1v) is 13.1. The lowest BCUT2D eigenvalue weighted by Crippen LogP contribution is -2.49. The summed E-state index contributed by atoms with van der Waals surface area (Å²) in [7, 11) is -3.70. The van der Waals surface area contributed by atoms with Crippen LogP contribution in [0.25, 0.3) is 21.6 Å². The van der Waals surface area contributed by atoms with Gasteiger partial charge in [-0.1, -0.05) is 6.07 Å². The Balaban J connectivity index is 1.32. The fourth-order valence-corrected chi connectivity index (χ4v) is 6.22. The van der Waals surface area contributed by atoms with Crippen molar-refractivity contribution in [3.8, 4) is 16.6 Å². The highest BCUT2D eigenvalue weighted by Crippen LogP contribution is 2.37. The van der Waals surface area contributed by atoms with E-state index in [-0.39, 0.29) is 23.6 Å². The molecule has 4 N–H and O–H groups in total. The van der Waals surface area contributed by atoms with Gasteiger partial charge in [0.25, 0.3) is 0 Å². The van der Waals surface area contributed by atoms with Crippen LogP contribution in [0.4, 0.5) is 5.69 Å². The molecule has 5 rings (SSSR count). The molecule has 1 aliphatic rings. The van der Waals surface area contributed by atoms with Crippen molar-refractivity contribution in [3.05, 3.63) is 59.4 Å². The van der Waals surface area contributed by atoms with Gasteiger partial charge in [-0.15, -0.1) is 11.3 Å². The molecule has 0 radical (unpaired) electrons. The third kappa shape index (κ3) is 4.41. The van der Waals surface area contributed by atoms with Crippen LogP contribution in [0.1, 0.15) is 24.1 Å². The zero-order valence-corrected chi connectivity index (χ0v) is 19.7. The molecule has 0 atom stereocenters. The Labute approximate surface area is 200 Å². The third-order valence-corrected chi connectivity index (χ3v) is 8.26. The van der Waals surface area contributed by atoms with E-state index in [9.17, 15) is 13.5 Å². The minimum Gasteiger partial charge on any atom is -0.396 e. The third-order valence-electron chi connectivity index (χ3n) is 5.82. The Bertz CT molecular complexity index is 1480. The lowest BCUT2D eigenvalue weighted by atomic mass is 9.87. The fourth-order valence-electron chi connectivity index (χ4n) is 4.04. The molecule has 1 fully saturated rings. The number of nitrogens with one attached hydrogen (secondary N) is 3. The molecule has 34 heavy (non-hydrogen) atoms. The maximum absolute atomic E-state index is 12.7. The monoisotopic (exact) mass is 494 g/mol. The van der Waals surface area contributed by atoms with Crippen molar-refractivity contribution in [2.45, 2.75) is 36.2 Å². The van der Waals surface area contributed by atoms with Crippen LogP contribution in [0, 0.1) is 11.3 Å². The molecule has 0 aliphatic heterocycles. The van der Waals surface area contributed by atoms with Gasteiger partial charge in [-0.2, -0.15) is 5.26 Å². The van der Waals surface area contributed by atoms with Crippen LogP contribution in [-0.4, -0.2) is 47.2 Å². The molecule has 4 aromatic rings. The Morgan fingerprint density at radius 2 is 2.12 bits per heavy atom. The highest BCUT2D eigenvalue weighted by molar-refractivity contribution is 7.89. The number of aromatic nitrogens is 3. The Hall–Kier alpha value is -3.30. The van der Waals surface area contributed by atoms with E-state index in [1.54, 1.807) is 18.3 Å². The summed E-state index contributed by atoms with van der Waals surface area (Å²) in [5, 5.41) is 25.5. The van der Waals surface area contributed by atoms with Crippen LogP contribution in [0.5, 0.6) is 0 Å². The number of thiazole rings is 1. The molecule has 0 bridgehead atoms. The molecule has 3 heterocycles. The van der Waals surface area contributed by atoms with Crippen LogP contribution in [0.3, 0.4) is 0 Å². The smallest absolute Gasteiger partial charge is 0.240 e. The number of fused-ring (bicyclic) bond motifs is 1.